The van der Waals surface area contributed by atoms with Gasteiger partial charge >= 0.3 is 27.3 Å². The van der Waals surface area contributed by atoms with Crippen LogP contribution < -0.4 is 14.0 Å². The Bertz CT molecular complexity index is 127. The topological polar surface area (TPSA) is 170 Å². The average Bonchev–Trinajstić information content (AvgIpc) is 1.87. The van der Waals surface area contributed by atoms with Gasteiger partial charge in [0.05, 0.1) is 10.2 Å². The van der Waals surface area contributed by atoms with Gasteiger partial charge in [-0.25, -0.2) is 4.29 Å². The molecule has 0 saturated heterocycles. The zero-order valence-corrected chi connectivity index (χ0v) is 11.5. The van der Waals surface area contributed by atoms with E-state index < -0.39 is 10.2 Å². The van der Waals surface area contributed by atoms with Crippen molar-refractivity contribution in [1.82, 2.24) is 0 Å². The van der Waals surface area contributed by atoms with Gasteiger partial charge in [-0.1, -0.05) is 12.9 Å². The summed E-state index contributed by atoms with van der Waals surface area (Å²) in [6.07, 6.45) is 0. The standard InChI is InChI=1S/CClO5.2CHO2.Tl/c3-1-7-2(4,5)6;2*2-1-3;/h;2*(H,2,3);/q3*-1;+3. The Balaban J connectivity index is -0.0000000610. The third-order valence-electron chi connectivity index (χ3n) is 0.126. The van der Waals surface area contributed by atoms with Gasteiger partial charge in [0.2, 0.25) is 0 Å². The van der Waals surface area contributed by atoms with Gasteiger partial charge in [-0.15, -0.1) is 0 Å². The predicted octanol–water partition coefficient (Wildman–Crippen LogP) is -5.19. The monoisotopic (exact) mass is 422 g/mol. The molecule has 0 spiro atoms. The molecule has 0 aliphatic carbocycles. The van der Waals surface area contributed by atoms with Crippen LogP contribution in [0.4, 0.5) is 0 Å². The first-order chi connectivity index (χ1) is 5.89. The van der Waals surface area contributed by atoms with Crippen molar-refractivity contribution < 1.29 is 53.1 Å². The second kappa shape index (κ2) is 18.3. The van der Waals surface area contributed by atoms with E-state index in [-0.39, 0.29) is 27.3 Å². The summed E-state index contributed by atoms with van der Waals surface area (Å²) in [5.41, 5.74) is 0. The summed E-state index contributed by atoms with van der Waals surface area (Å²) < 4.78 is 30.3. The van der Waals surface area contributed by atoms with Crippen molar-refractivity contribution in [3.8, 4) is 0 Å². The molecule has 0 aromatic heterocycles. The van der Waals surface area contributed by atoms with Crippen molar-refractivity contribution >= 4 is 46.7 Å². The molecule has 11 heteroatoms. The van der Waals surface area contributed by atoms with Crippen LogP contribution in [-0.4, -0.2) is 56.9 Å². The number of rotatable bonds is 2. The SMILES string of the molecule is O=[C-]O.O=[C-]O.O=[C-]O[Cl+3]([O-])([O-])[O-].[Tl+3]. The zero-order valence-electron chi connectivity index (χ0n) is 6.21. The van der Waals surface area contributed by atoms with E-state index in [0.717, 1.165) is 0 Å². The third kappa shape index (κ3) is 103. The van der Waals surface area contributed by atoms with E-state index in [1.807, 2.05) is 0 Å². The maximum Gasteiger partial charge on any atom is 3.00 e. The Labute approximate surface area is 99.8 Å². The Kier molecular flexibility index (Phi) is 30.6. The van der Waals surface area contributed by atoms with Crippen LogP contribution in [0.15, 0.2) is 0 Å². The number of halogens is 1. The van der Waals surface area contributed by atoms with E-state index in [2.05, 4.69) is 4.29 Å². The van der Waals surface area contributed by atoms with Gasteiger partial charge in [-0.2, -0.15) is 14.0 Å². The van der Waals surface area contributed by atoms with Gasteiger partial charge < -0.3 is 24.6 Å². The fourth-order valence-corrected chi connectivity index (χ4v) is 0.116. The molecule has 0 fully saturated rings. The van der Waals surface area contributed by atoms with Crippen LogP contribution >= 0.6 is 0 Å². The molecule has 14 heavy (non-hydrogen) atoms. The van der Waals surface area contributed by atoms with Crippen LogP contribution in [-0.2, 0) is 18.7 Å². The maximum absolute atomic E-state index is 9.16. The Morgan fingerprint density at radius 1 is 1.00 bits per heavy atom. The molecule has 0 unspecified atom stereocenters. The molecule has 2 N–H and O–H groups in total. The molecule has 0 bridgehead atoms. The van der Waals surface area contributed by atoms with E-state index in [4.69, 9.17) is 38.6 Å². The number of aliphatic hydroxyl groups excluding tert-OH is 2. The van der Waals surface area contributed by atoms with Crippen molar-refractivity contribution in [1.29, 1.82) is 0 Å². The van der Waals surface area contributed by atoms with Crippen LogP contribution in [0.2, 0.25) is 0 Å². The zero-order chi connectivity index (χ0) is 11.3. The summed E-state index contributed by atoms with van der Waals surface area (Å²) in [6.45, 7) is 1.44. The van der Waals surface area contributed by atoms with Gasteiger partial charge in [-0.3, -0.25) is 0 Å². The molecule has 0 saturated carbocycles. The molecular weight excluding hydrogens is 420 g/mol. The molecule has 78 valence electrons. The molecule has 9 nitrogen and oxygen atoms in total. The molecule has 0 atom stereocenters. The van der Waals surface area contributed by atoms with Gasteiger partial charge in [0.1, 0.15) is 6.47 Å². The summed E-state index contributed by atoms with van der Waals surface area (Å²) in [5.74, 6) is 0. The van der Waals surface area contributed by atoms with Crippen molar-refractivity contribution in [3.63, 3.8) is 0 Å². The van der Waals surface area contributed by atoms with Crippen molar-refractivity contribution in [2.24, 2.45) is 0 Å². The first kappa shape index (κ1) is 23.4. The fourth-order valence-electron chi connectivity index (χ4n) is 0.0386. The predicted molar refractivity (Wildman–Crippen MR) is 29.2 cm³/mol. The average molecular weight is 422 g/mol. The van der Waals surface area contributed by atoms with E-state index >= 15 is 0 Å². The second-order valence-electron chi connectivity index (χ2n) is 0.721. The first-order valence-corrected chi connectivity index (χ1v) is 3.12. The number of hydrogen-bond donors (Lipinski definition) is 2. The molecule has 0 heterocycles. The van der Waals surface area contributed by atoms with Gasteiger partial charge in [-0.05, 0) is 0 Å². The molecular formula is C3H2ClO9Tl. The van der Waals surface area contributed by atoms with Crippen molar-refractivity contribution in [2.75, 3.05) is 0 Å². The fraction of sp³-hybridized carbons (Fsp3) is 0. The molecule has 0 radical (unpaired) electrons. The Morgan fingerprint density at radius 2 is 1.21 bits per heavy atom. The molecule has 0 aromatic carbocycles. The van der Waals surface area contributed by atoms with E-state index in [9.17, 15) is 0 Å². The van der Waals surface area contributed by atoms with Crippen LogP contribution in [0.1, 0.15) is 0 Å². The smallest absolute Gasteiger partial charge is 0.665 e. The Hall–Kier alpha value is -0.498. The molecule has 0 aromatic rings. The van der Waals surface area contributed by atoms with Crippen molar-refractivity contribution in [3.05, 3.63) is 0 Å². The number of carbonyl (C=O) groups excluding carboxylic acids is 1. The summed E-state index contributed by atoms with van der Waals surface area (Å²) in [6, 6.07) is 0. The molecule has 0 rings (SSSR count). The minimum atomic E-state index is -4.61. The van der Waals surface area contributed by atoms with Gasteiger partial charge in [0.25, 0.3) is 0 Å². The minimum Gasteiger partial charge on any atom is -0.665 e. The summed E-state index contributed by atoms with van der Waals surface area (Å²) in [5, 5.41) is 13.5. The van der Waals surface area contributed by atoms with Crippen LogP contribution in [0.25, 0.3) is 0 Å². The van der Waals surface area contributed by atoms with E-state index in [1.54, 1.807) is 0 Å². The summed E-state index contributed by atoms with van der Waals surface area (Å²) >= 11 is 0. The van der Waals surface area contributed by atoms with Crippen LogP contribution in [0.5, 0.6) is 0 Å². The maximum atomic E-state index is 9.16. The number of hydrogen-bond acceptors (Lipinski definition) is 7. The summed E-state index contributed by atoms with van der Waals surface area (Å²) in [4.78, 5) is 25.4. The second-order valence-corrected chi connectivity index (χ2v) is 1.63. The molecule has 0 aliphatic rings. The largest absolute Gasteiger partial charge is 3.00 e. The first-order valence-electron chi connectivity index (χ1n) is 1.88. The molecule has 0 aliphatic heterocycles. The Morgan fingerprint density at radius 3 is 1.21 bits per heavy atom. The minimum absolute atomic E-state index is 0. The van der Waals surface area contributed by atoms with Gasteiger partial charge in [0, 0.05) is 0 Å². The normalized spacial score (nSPS) is 7.07. The van der Waals surface area contributed by atoms with Crippen LogP contribution in [0, 0.1) is 10.2 Å². The van der Waals surface area contributed by atoms with Crippen molar-refractivity contribution in [2.45, 2.75) is 0 Å². The van der Waals surface area contributed by atoms with E-state index in [1.165, 1.54) is 0 Å². The van der Waals surface area contributed by atoms with E-state index in [0.29, 0.717) is 19.4 Å². The summed E-state index contributed by atoms with van der Waals surface area (Å²) in [7, 11) is -4.61. The molecule has 0 amide bonds. The quantitative estimate of drug-likeness (QED) is 0.326. The third-order valence-corrected chi connectivity index (χ3v) is 0.378. The van der Waals surface area contributed by atoms with Gasteiger partial charge in [0.15, 0.2) is 0 Å². The van der Waals surface area contributed by atoms with Crippen LogP contribution in [0.3, 0.4) is 0 Å².